The lowest BCUT2D eigenvalue weighted by molar-refractivity contribution is 0.564. The SMILES string of the molecule is CCCCCCCCn1ccc2cccc(CC(C)N)c21. The average molecular weight is 286 g/mol. The van der Waals surface area contributed by atoms with Crippen LogP contribution < -0.4 is 5.73 Å². The highest BCUT2D eigenvalue weighted by Gasteiger charge is 2.08. The van der Waals surface area contributed by atoms with Gasteiger partial charge in [-0.2, -0.15) is 0 Å². The lowest BCUT2D eigenvalue weighted by Gasteiger charge is -2.11. The normalized spacial score (nSPS) is 12.9. The second-order valence-corrected chi connectivity index (χ2v) is 6.31. The number of benzene rings is 1. The Morgan fingerprint density at radius 3 is 2.57 bits per heavy atom. The highest BCUT2D eigenvalue weighted by atomic mass is 15.0. The standard InChI is InChI=1S/C19H30N2/c1-3-4-5-6-7-8-13-21-14-12-17-10-9-11-18(19(17)21)15-16(2)20/h9-12,14,16H,3-8,13,15,20H2,1-2H3. The van der Waals surface area contributed by atoms with Crippen LogP contribution in [-0.2, 0) is 13.0 Å². The topological polar surface area (TPSA) is 30.9 Å². The van der Waals surface area contributed by atoms with Gasteiger partial charge in [0.1, 0.15) is 0 Å². The molecule has 2 aromatic rings. The van der Waals surface area contributed by atoms with Crippen molar-refractivity contribution in [3.05, 3.63) is 36.0 Å². The molecule has 21 heavy (non-hydrogen) atoms. The second kappa shape index (κ2) is 8.23. The molecule has 0 aliphatic carbocycles. The van der Waals surface area contributed by atoms with Gasteiger partial charge in [0.25, 0.3) is 0 Å². The third-order valence-electron chi connectivity index (χ3n) is 4.17. The first-order chi connectivity index (χ1) is 10.2. The van der Waals surface area contributed by atoms with Gasteiger partial charge in [0.2, 0.25) is 0 Å². The number of para-hydroxylation sites is 1. The van der Waals surface area contributed by atoms with E-state index in [1.807, 2.05) is 0 Å². The predicted octanol–water partition coefficient (Wildman–Crippen LogP) is 4.89. The first kappa shape index (κ1) is 16.1. The summed E-state index contributed by atoms with van der Waals surface area (Å²) in [4.78, 5) is 0. The van der Waals surface area contributed by atoms with Gasteiger partial charge in [-0.15, -0.1) is 0 Å². The van der Waals surface area contributed by atoms with Gasteiger partial charge in [0, 0.05) is 18.8 Å². The molecule has 1 aromatic carbocycles. The van der Waals surface area contributed by atoms with Crippen molar-refractivity contribution < 1.29 is 0 Å². The zero-order chi connectivity index (χ0) is 15.1. The van der Waals surface area contributed by atoms with Gasteiger partial charge in [-0.25, -0.2) is 0 Å². The van der Waals surface area contributed by atoms with Crippen molar-refractivity contribution in [1.82, 2.24) is 4.57 Å². The van der Waals surface area contributed by atoms with Crippen LogP contribution in [0.25, 0.3) is 10.9 Å². The molecule has 0 aliphatic rings. The molecule has 116 valence electrons. The molecule has 1 unspecified atom stereocenters. The van der Waals surface area contributed by atoms with Crippen molar-refractivity contribution in [2.75, 3.05) is 0 Å². The molecule has 0 amide bonds. The van der Waals surface area contributed by atoms with Crippen molar-refractivity contribution in [3.8, 4) is 0 Å². The summed E-state index contributed by atoms with van der Waals surface area (Å²) >= 11 is 0. The Labute approximate surface area is 129 Å². The van der Waals surface area contributed by atoms with Crippen LogP contribution in [0.3, 0.4) is 0 Å². The van der Waals surface area contributed by atoms with Gasteiger partial charge >= 0.3 is 0 Å². The summed E-state index contributed by atoms with van der Waals surface area (Å²) in [6.45, 7) is 5.48. The van der Waals surface area contributed by atoms with E-state index >= 15 is 0 Å². The summed E-state index contributed by atoms with van der Waals surface area (Å²) in [5, 5.41) is 1.35. The van der Waals surface area contributed by atoms with Crippen LogP contribution in [-0.4, -0.2) is 10.6 Å². The van der Waals surface area contributed by atoms with E-state index in [1.54, 1.807) is 0 Å². The number of aryl methyl sites for hydroxylation is 1. The van der Waals surface area contributed by atoms with Crippen LogP contribution in [0, 0.1) is 0 Å². The Bertz CT molecular complexity index is 539. The van der Waals surface area contributed by atoms with E-state index in [-0.39, 0.29) is 6.04 Å². The quantitative estimate of drug-likeness (QED) is 0.654. The molecule has 2 nitrogen and oxygen atoms in total. The zero-order valence-electron chi connectivity index (χ0n) is 13.6. The first-order valence-corrected chi connectivity index (χ1v) is 8.54. The van der Waals surface area contributed by atoms with Crippen LogP contribution in [0.4, 0.5) is 0 Å². The van der Waals surface area contributed by atoms with E-state index in [9.17, 15) is 0 Å². The molecule has 0 spiro atoms. The van der Waals surface area contributed by atoms with Crippen LogP contribution in [0.15, 0.2) is 30.5 Å². The Balaban J connectivity index is 1.99. The summed E-state index contributed by atoms with van der Waals surface area (Å²) in [5.74, 6) is 0. The zero-order valence-corrected chi connectivity index (χ0v) is 13.6. The lowest BCUT2D eigenvalue weighted by Crippen LogP contribution is -2.18. The maximum Gasteiger partial charge on any atom is 0.0513 e. The van der Waals surface area contributed by atoms with Crippen molar-refractivity contribution in [2.45, 2.75) is 71.4 Å². The number of unbranched alkanes of at least 4 members (excludes halogenated alkanes) is 5. The molecule has 0 radical (unpaired) electrons. The smallest absolute Gasteiger partial charge is 0.0513 e. The summed E-state index contributed by atoms with van der Waals surface area (Å²) in [5.41, 5.74) is 8.77. The minimum absolute atomic E-state index is 0.216. The molecule has 0 saturated carbocycles. The monoisotopic (exact) mass is 286 g/mol. The highest BCUT2D eigenvalue weighted by Crippen LogP contribution is 2.22. The minimum atomic E-state index is 0.216. The maximum absolute atomic E-state index is 5.99. The third kappa shape index (κ3) is 4.60. The molecule has 2 heteroatoms. The van der Waals surface area contributed by atoms with Crippen molar-refractivity contribution in [2.24, 2.45) is 5.73 Å². The Hall–Kier alpha value is -1.28. The minimum Gasteiger partial charge on any atom is -0.347 e. The van der Waals surface area contributed by atoms with Crippen molar-refractivity contribution in [1.29, 1.82) is 0 Å². The molecule has 0 saturated heterocycles. The van der Waals surface area contributed by atoms with E-state index in [0.717, 1.165) is 13.0 Å². The fourth-order valence-corrected chi connectivity index (χ4v) is 3.10. The van der Waals surface area contributed by atoms with E-state index < -0.39 is 0 Å². The van der Waals surface area contributed by atoms with Gasteiger partial charge in [0.15, 0.2) is 0 Å². The number of fused-ring (bicyclic) bond motifs is 1. The Kier molecular flexibility index (Phi) is 6.31. The highest BCUT2D eigenvalue weighted by molar-refractivity contribution is 5.83. The van der Waals surface area contributed by atoms with Crippen LogP contribution in [0.5, 0.6) is 0 Å². The molecule has 1 aromatic heterocycles. The summed E-state index contributed by atoms with van der Waals surface area (Å²) in [6, 6.07) is 9.03. The predicted molar refractivity (Wildman–Crippen MR) is 92.7 cm³/mol. The summed E-state index contributed by atoms with van der Waals surface area (Å²) < 4.78 is 2.42. The van der Waals surface area contributed by atoms with Gasteiger partial charge in [-0.1, -0.05) is 57.2 Å². The Morgan fingerprint density at radius 1 is 1.05 bits per heavy atom. The molecule has 0 aliphatic heterocycles. The first-order valence-electron chi connectivity index (χ1n) is 8.54. The average Bonchev–Trinajstić information content (AvgIpc) is 2.86. The van der Waals surface area contributed by atoms with E-state index in [4.69, 9.17) is 5.73 Å². The number of hydrogen-bond donors (Lipinski definition) is 1. The summed E-state index contributed by atoms with van der Waals surface area (Å²) in [7, 11) is 0. The molecule has 1 heterocycles. The molecule has 2 rings (SSSR count). The molecule has 2 N–H and O–H groups in total. The van der Waals surface area contributed by atoms with Crippen LogP contribution in [0.1, 0.15) is 57.9 Å². The van der Waals surface area contributed by atoms with Crippen LogP contribution in [0.2, 0.25) is 0 Å². The molecule has 0 bridgehead atoms. The molecular weight excluding hydrogens is 256 g/mol. The number of rotatable bonds is 9. The largest absolute Gasteiger partial charge is 0.347 e. The number of nitrogens with two attached hydrogens (primary N) is 1. The molecular formula is C19H30N2. The molecule has 0 fully saturated rings. The fourth-order valence-electron chi connectivity index (χ4n) is 3.10. The number of nitrogens with zero attached hydrogens (tertiary/aromatic N) is 1. The van der Waals surface area contributed by atoms with Gasteiger partial charge in [0.05, 0.1) is 5.52 Å². The van der Waals surface area contributed by atoms with E-state index in [1.165, 1.54) is 55.0 Å². The van der Waals surface area contributed by atoms with Gasteiger partial charge < -0.3 is 10.3 Å². The number of aromatic nitrogens is 1. The third-order valence-corrected chi connectivity index (χ3v) is 4.17. The van der Waals surface area contributed by atoms with E-state index in [0.29, 0.717) is 0 Å². The number of hydrogen-bond acceptors (Lipinski definition) is 1. The van der Waals surface area contributed by atoms with Gasteiger partial charge in [-0.3, -0.25) is 0 Å². The van der Waals surface area contributed by atoms with Crippen molar-refractivity contribution in [3.63, 3.8) is 0 Å². The summed E-state index contributed by atoms with van der Waals surface area (Å²) in [6.07, 6.45) is 11.3. The second-order valence-electron chi connectivity index (χ2n) is 6.31. The lowest BCUT2D eigenvalue weighted by atomic mass is 10.0. The molecule has 1 atom stereocenters. The Morgan fingerprint density at radius 2 is 1.81 bits per heavy atom. The van der Waals surface area contributed by atoms with Crippen molar-refractivity contribution >= 4 is 10.9 Å². The van der Waals surface area contributed by atoms with Gasteiger partial charge in [-0.05, 0) is 36.8 Å². The maximum atomic E-state index is 5.99. The van der Waals surface area contributed by atoms with E-state index in [2.05, 4.69) is 48.9 Å². The van der Waals surface area contributed by atoms with Crippen LogP contribution >= 0.6 is 0 Å². The fraction of sp³-hybridized carbons (Fsp3) is 0.579.